The van der Waals surface area contributed by atoms with Crippen molar-refractivity contribution in [2.24, 2.45) is 0 Å². The molecule has 0 unspecified atom stereocenters. The topological polar surface area (TPSA) is 117 Å². The van der Waals surface area contributed by atoms with Crippen LogP contribution in [0.1, 0.15) is 11.4 Å². The Bertz CT molecular complexity index is 984. The van der Waals surface area contributed by atoms with Crippen molar-refractivity contribution >= 4 is 17.2 Å². The molecule has 10 nitrogen and oxygen atoms in total. The van der Waals surface area contributed by atoms with Crippen LogP contribution < -0.4 is 14.8 Å². The molecule has 2 heterocycles. The smallest absolute Gasteiger partial charge is 0.313 e. The molecule has 0 aliphatic heterocycles. The van der Waals surface area contributed by atoms with Crippen LogP contribution in [-0.2, 0) is 0 Å². The molecular formula is C17H18N6O4. The predicted molar refractivity (Wildman–Crippen MR) is 98.1 cm³/mol. The first-order chi connectivity index (χ1) is 12.9. The average molecular weight is 370 g/mol. The number of anilines is 2. The molecule has 0 radical (unpaired) electrons. The number of benzene rings is 1. The summed E-state index contributed by atoms with van der Waals surface area (Å²) < 4.78 is 11.9. The van der Waals surface area contributed by atoms with Crippen molar-refractivity contribution in [3.8, 4) is 17.3 Å². The zero-order valence-corrected chi connectivity index (χ0v) is 15.3. The van der Waals surface area contributed by atoms with Gasteiger partial charge in [0.15, 0.2) is 11.6 Å². The van der Waals surface area contributed by atoms with Gasteiger partial charge in [-0.2, -0.15) is 5.10 Å². The highest BCUT2D eigenvalue weighted by molar-refractivity contribution is 5.66. The molecule has 0 amide bonds. The molecular weight excluding hydrogens is 352 g/mol. The van der Waals surface area contributed by atoms with Crippen LogP contribution in [0.25, 0.3) is 5.82 Å². The van der Waals surface area contributed by atoms with E-state index < -0.39 is 4.92 Å². The Kier molecular flexibility index (Phi) is 4.88. The number of hydrogen-bond donors (Lipinski definition) is 1. The van der Waals surface area contributed by atoms with E-state index in [4.69, 9.17) is 9.47 Å². The van der Waals surface area contributed by atoms with Crippen LogP contribution in [0.5, 0.6) is 11.5 Å². The summed E-state index contributed by atoms with van der Waals surface area (Å²) in [5.41, 5.74) is 1.35. The number of methoxy groups -OCH3 is 2. The molecule has 0 saturated carbocycles. The maximum Gasteiger partial charge on any atom is 0.313 e. The van der Waals surface area contributed by atoms with Crippen molar-refractivity contribution in [2.45, 2.75) is 13.8 Å². The van der Waals surface area contributed by atoms with Gasteiger partial charge in [-0.1, -0.05) is 0 Å². The second-order valence-corrected chi connectivity index (χ2v) is 5.66. The van der Waals surface area contributed by atoms with Crippen LogP contribution in [0.4, 0.5) is 17.2 Å². The van der Waals surface area contributed by atoms with E-state index >= 15 is 0 Å². The third-order valence-corrected chi connectivity index (χ3v) is 3.97. The van der Waals surface area contributed by atoms with Crippen LogP contribution in [0.15, 0.2) is 30.3 Å². The van der Waals surface area contributed by atoms with Crippen molar-refractivity contribution in [1.82, 2.24) is 20.0 Å². The van der Waals surface area contributed by atoms with Gasteiger partial charge in [-0.15, -0.1) is 10.2 Å². The zero-order chi connectivity index (χ0) is 19.6. The van der Waals surface area contributed by atoms with E-state index in [1.807, 2.05) is 0 Å². The molecule has 0 aliphatic carbocycles. The molecule has 3 rings (SSSR count). The highest BCUT2D eigenvalue weighted by Crippen LogP contribution is 2.31. The van der Waals surface area contributed by atoms with E-state index in [2.05, 4.69) is 20.6 Å². The maximum absolute atomic E-state index is 11.1. The molecule has 140 valence electrons. The SMILES string of the molecule is COc1ccc(OC)c(Nc2ccc(-n3nc(C)c([N+](=O)[O-])c3C)nn2)c1. The summed E-state index contributed by atoms with van der Waals surface area (Å²) in [6.07, 6.45) is 0. The first-order valence-electron chi connectivity index (χ1n) is 7.98. The first-order valence-corrected chi connectivity index (χ1v) is 7.98. The Morgan fingerprint density at radius 1 is 1.11 bits per heavy atom. The van der Waals surface area contributed by atoms with Gasteiger partial charge in [0.1, 0.15) is 22.9 Å². The van der Waals surface area contributed by atoms with Gasteiger partial charge < -0.3 is 14.8 Å². The van der Waals surface area contributed by atoms with Crippen molar-refractivity contribution < 1.29 is 14.4 Å². The van der Waals surface area contributed by atoms with Gasteiger partial charge in [0.2, 0.25) is 0 Å². The van der Waals surface area contributed by atoms with Crippen LogP contribution in [0, 0.1) is 24.0 Å². The summed E-state index contributed by atoms with van der Waals surface area (Å²) in [5.74, 6) is 2.14. The number of ether oxygens (including phenoxy) is 2. The summed E-state index contributed by atoms with van der Waals surface area (Å²) in [6.45, 7) is 3.20. The summed E-state index contributed by atoms with van der Waals surface area (Å²) in [5, 5.41) is 26.7. The second kappa shape index (κ2) is 7.28. The Morgan fingerprint density at radius 3 is 2.44 bits per heavy atom. The molecule has 0 bridgehead atoms. The van der Waals surface area contributed by atoms with E-state index in [1.165, 1.54) is 4.68 Å². The fraction of sp³-hybridized carbons (Fsp3) is 0.235. The Labute approximate surface area is 154 Å². The number of aromatic nitrogens is 4. The lowest BCUT2D eigenvalue weighted by Gasteiger charge is -2.12. The summed E-state index contributed by atoms with van der Waals surface area (Å²) >= 11 is 0. The fourth-order valence-corrected chi connectivity index (χ4v) is 2.68. The largest absolute Gasteiger partial charge is 0.497 e. The minimum atomic E-state index is -0.452. The van der Waals surface area contributed by atoms with E-state index in [0.29, 0.717) is 40.2 Å². The van der Waals surface area contributed by atoms with Crippen LogP contribution in [-0.4, -0.2) is 39.1 Å². The van der Waals surface area contributed by atoms with Gasteiger partial charge in [0.05, 0.1) is 24.8 Å². The predicted octanol–water partition coefficient (Wildman–Crippen LogP) is 2.95. The maximum atomic E-state index is 11.1. The van der Waals surface area contributed by atoms with Gasteiger partial charge >= 0.3 is 5.69 Å². The lowest BCUT2D eigenvalue weighted by molar-refractivity contribution is -0.386. The average Bonchev–Trinajstić information content (AvgIpc) is 2.96. The molecule has 0 atom stereocenters. The lowest BCUT2D eigenvalue weighted by Crippen LogP contribution is -2.05. The Morgan fingerprint density at radius 2 is 1.89 bits per heavy atom. The van der Waals surface area contributed by atoms with E-state index in [1.54, 1.807) is 58.4 Å². The van der Waals surface area contributed by atoms with Gasteiger partial charge in [-0.25, -0.2) is 4.68 Å². The zero-order valence-electron chi connectivity index (χ0n) is 15.3. The number of hydrogen-bond acceptors (Lipinski definition) is 8. The number of nitro groups is 1. The number of aryl methyl sites for hydroxylation is 1. The molecule has 0 saturated heterocycles. The molecule has 0 spiro atoms. The first kappa shape index (κ1) is 18.1. The van der Waals surface area contributed by atoms with E-state index in [9.17, 15) is 10.1 Å². The van der Waals surface area contributed by atoms with Gasteiger partial charge in [-0.3, -0.25) is 10.1 Å². The molecule has 0 fully saturated rings. The van der Waals surface area contributed by atoms with Crippen molar-refractivity contribution in [3.63, 3.8) is 0 Å². The van der Waals surface area contributed by atoms with Crippen molar-refractivity contribution in [2.75, 3.05) is 19.5 Å². The monoisotopic (exact) mass is 370 g/mol. The molecule has 1 N–H and O–H groups in total. The van der Waals surface area contributed by atoms with Crippen molar-refractivity contribution in [3.05, 3.63) is 51.8 Å². The fourth-order valence-electron chi connectivity index (χ4n) is 2.68. The molecule has 2 aromatic heterocycles. The third-order valence-electron chi connectivity index (χ3n) is 3.97. The summed E-state index contributed by atoms with van der Waals surface area (Å²) in [6, 6.07) is 8.71. The minimum absolute atomic E-state index is 0.0277. The lowest BCUT2D eigenvalue weighted by atomic mass is 10.2. The quantitative estimate of drug-likeness (QED) is 0.520. The van der Waals surface area contributed by atoms with Gasteiger partial charge in [-0.05, 0) is 38.1 Å². The highest BCUT2D eigenvalue weighted by Gasteiger charge is 2.23. The highest BCUT2D eigenvalue weighted by atomic mass is 16.6. The third kappa shape index (κ3) is 3.50. The Balaban J connectivity index is 1.89. The molecule has 1 aromatic carbocycles. The van der Waals surface area contributed by atoms with Crippen molar-refractivity contribution in [1.29, 1.82) is 0 Å². The second-order valence-electron chi connectivity index (χ2n) is 5.66. The Hall–Kier alpha value is -3.69. The normalized spacial score (nSPS) is 10.5. The molecule has 27 heavy (non-hydrogen) atoms. The van der Waals surface area contributed by atoms with E-state index in [-0.39, 0.29) is 5.69 Å². The standard InChI is InChI=1S/C17H18N6O4/c1-10-17(23(24)25)11(2)22(21-10)16-8-7-15(19-20-16)18-13-9-12(26-3)5-6-14(13)27-4/h5-9H,1-4H3,(H,18,19). The molecule has 10 heteroatoms. The van der Waals surface area contributed by atoms with E-state index in [0.717, 1.165) is 0 Å². The van der Waals surface area contributed by atoms with Gasteiger partial charge in [0.25, 0.3) is 0 Å². The van der Waals surface area contributed by atoms with Crippen LogP contribution in [0.3, 0.4) is 0 Å². The number of rotatable bonds is 6. The summed E-state index contributed by atoms with van der Waals surface area (Å²) in [7, 11) is 3.14. The molecule has 0 aliphatic rings. The molecule has 3 aromatic rings. The minimum Gasteiger partial charge on any atom is -0.497 e. The van der Waals surface area contributed by atoms with Gasteiger partial charge in [0, 0.05) is 6.07 Å². The van der Waals surface area contributed by atoms with Crippen LogP contribution in [0.2, 0.25) is 0 Å². The number of nitrogens with zero attached hydrogens (tertiary/aromatic N) is 5. The number of nitrogens with one attached hydrogen (secondary N) is 1. The van der Waals surface area contributed by atoms with Crippen LogP contribution >= 0.6 is 0 Å². The summed E-state index contributed by atoms with van der Waals surface area (Å²) in [4.78, 5) is 10.7.